The highest BCUT2D eigenvalue weighted by molar-refractivity contribution is 6.02. The summed E-state index contributed by atoms with van der Waals surface area (Å²) in [6, 6.07) is 1.84. The van der Waals surface area contributed by atoms with Crippen molar-refractivity contribution < 1.29 is 23.9 Å². The van der Waals surface area contributed by atoms with Gasteiger partial charge in [0.2, 0.25) is 11.8 Å². The lowest BCUT2D eigenvalue weighted by atomic mass is 9.95. The molecule has 0 aliphatic carbocycles. The van der Waals surface area contributed by atoms with E-state index in [1.165, 1.54) is 6.92 Å². The van der Waals surface area contributed by atoms with Crippen LogP contribution in [0, 0.1) is 11.2 Å². The van der Waals surface area contributed by atoms with Gasteiger partial charge in [0.15, 0.2) is 0 Å². The first-order valence-corrected chi connectivity index (χ1v) is 6.18. The number of aromatic carboxylic acids is 1. The minimum Gasteiger partial charge on any atom is -0.478 e. The molecular formula is C14H17FN2O4. The molecule has 1 aromatic rings. The van der Waals surface area contributed by atoms with Crippen LogP contribution in [0.5, 0.6) is 0 Å². The Kier molecular flexibility index (Phi) is 4.67. The third-order valence-electron chi connectivity index (χ3n) is 2.58. The van der Waals surface area contributed by atoms with Crippen molar-refractivity contribution >= 4 is 29.2 Å². The van der Waals surface area contributed by atoms with Crippen LogP contribution in [0.4, 0.5) is 15.8 Å². The fraction of sp³-hybridized carbons (Fsp3) is 0.357. The minimum absolute atomic E-state index is 0.00241. The Labute approximate surface area is 121 Å². The van der Waals surface area contributed by atoms with Crippen LogP contribution in [-0.4, -0.2) is 22.9 Å². The molecule has 7 heteroatoms. The lowest BCUT2D eigenvalue weighted by Crippen LogP contribution is -2.28. The van der Waals surface area contributed by atoms with Crippen LogP contribution < -0.4 is 10.6 Å². The molecule has 0 fully saturated rings. The van der Waals surface area contributed by atoms with E-state index < -0.39 is 34.6 Å². The molecule has 3 N–H and O–H groups in total. The van der Waals surface area contributed by atoms with E-state index in [-0.39, 0.29) is 11.4 Å². The van der Waals surface area contributed by atoms with E-state index in [0.29, 0.717) is 0 Å². The highest BCUT2D eigenvalue weighted by Crippen LogP contribution is 2.28. The van der Waals surface area contributed by atoms with Crippen molar-refractivity contribution in [3.8, 4) is 0 Å². The number of nitrogens with one attached hydrogen (secondary N) is 2. The zero-order valence-electron chi connectivity index (χ0n) is 12.2. The van der Waals surface area contributed by atoms with Gasteiger partial charge in [-0.05, 0) is 6.07 Å². The molecule has 0 bridgehead atoms. The predicted molar refractivity (Wildman–Crippen MR) is 75.7 cm³/mol. The molecule has 0 spiro atoms. The molecule has 0 aliphatic rings. The molecule has 6 nitrogen and oxygen atoms in total. The summed E-state index contributed by atoms with van der Waals surface area (Å²) in [4.78, 5) is 34.0. The number of hydrogen-bond donors (Lipinski definition) is 3. The van der Waals surface area contributed by atoms with E-state index in [4.69, 9.17) is 5.11 Å². The molecule has 114 valence electrons. The van der Waals surface area contributed by atoms with Crippen molar-refractivity contribution in [2.45, 2.75) is 27.7 Å². The Bertz CT molecular complexity index is 606. The fourth-order valence-electron chi connectivity index (χ4n) is 1.44. The van der Waals surface area contributed by atoms with Gasteiger partial charge in [-0.2, -0.15) is 0 Å². The van der Waals surface area contributed by atoms with E-state index in [1.54, 1.807) is 20.8 Å². The van der Waals surface area contributed by atoms with Gasteiger partial charge in [0, 0.05) is 18.4 Å². The second-order valence-electron chi connectivity index (χ2n) is 5.57. The van der Waals surface area contributed by atoms with Gasteiger partial charge >= 0.3 is 5.97 Å². The summed E-state index contributed by atoms with van der Waals surface area (Å²) in [5.74, 6) is -3.33. The average Bonchev–Trinajstić information content (AvgIpc) is 2.29. The standard InChI is InChI=1S/C14H17FN2O4/c1-7(18)16-11-6-9(15)8(12(19)20)5-10(11)17-13(21)14(2,3)4/h5-6H,1-4H3,(H,16,18)(H,17,21)(H,19,20). The second-order valence-corrected chi connectivity index (χ2v) is 5.57. The number of carbonyl (C=O) groups is 3. The van der Waals surface area contributed by atoms with E-state index >= 15 is 0 Å². The minimum atomic E-state index is -1.46. The Balaban J connectivity index is 3.31. The molecule has 0 unspecified atom stereocenters. The molecule has 0 radical (unpaired) electrons. The number of benzene rings is 1. The van der Waals surface area contributed by atoms with Crippen molar-refractivity contribution in [2.75, 3.05) is 10.6 Å². The van der Waals surface area contributed by atoms with Crippen molar-refractivity contribution in [3.05, 3.63) is 23.5 Å². The van der Waals surface area contributed by atoms with E-state index in [9.17, 15) is 18.8 Å². The summed E-state index contributed by atoms with van der Waals surface area (Å²) in [7, 11) is 0. The number of carbonyl (C=O) groups excluding carboxylic acids is 2. The van der Waals surface area contributed by atoms with Crippen molar-refractivity contribution in [2.24, 2.45) is 5.41 Å². The lowest BCUT2D eigenvalue weighted by Gasteiger charge is -2.20. The van der Waals surface area contributed by atoms with Gasteiger partial charge in [0.1, 0.15) is 5.82 Å². The summed E-state index contributed by atoms with van der Waals surface area (Å²) < 4.78 is 13.7. The van der Waals surface area contributed by atoms with Gasteiger partial charge in [-0.3, -0.25) is 9.59 Å². The Morgan fingerprint density at radius 1 is 1.10 bits per heavy atom. The van der Waals surface area contributed by atoms with Crippen LogP contribution in [0.3, 0.4) is 0 Å². The summed E-state index contributed by atoms with van der Waals surface area (Å²) >= 11 is 0. The monoisotopic (exact) mass is 296 g/mol. The summed E-state index contributed by atoms with van der Waals surface area (Å²) in [5, 5.41) is 13.8. The first-order valence-electron chi connectivity index (χ1n) is 6.18. The third kappa shape index (κ3) is 4.27. The highest BCUT2D eigenvalue weighted by atomic mass is 19.1. The zero-order chi connectivity index (χ0) is 16.4. The second kappa shape index (κ2) is 5.90. The van der Waals surface area contributed by atoms with Crippen LogP contribution in [0.2, 0.25) is 0 Å². The number of rotatable bonds is 3. The molecule has 0 atom stereocenters. The van der Waals surface area contributed by atoms with E-state index in [2.05, 4.69) is 10.6 Å². The van der Waals surface area contributed by atoms with Crippen LogP contribution >= 0.6 is 0 Å². The summed E-state index contributed by atoms with van der Waals surface area (Å²) in [6.45, 7) is 6.23. The largest absolute Gasteiger partial charge is 0.478 e. The fourth-order valence-corrected chi connectivity index (χ4v) is 1.44. The maximum atomic E-state index is 13.7. The van der Waals surface area contributed by atoms with E-state index in [0.717, 1.165) is 12.1 Å². The average molecular weight is 296 g/mol. The van der Waals surface area contributed by atoms with Gasteiger partial charge in [-0.25, -0.2) is 9.18 Å². The molecule has 1 aromatic carbocycles. The number of amides is 2. The third-order valence-corrected chi connectivity index (χ3v) is 2.58. The maximum Gasteiger partial charge on any atom is 0.338 e. The number of halogens is 1. The molecule has 0 saturated heterocycles. The topological polar surface area (TPSA) is 95.5 Å². The van der Waals surface area contributed by atoms with Crippen LogP contribution in [-0.2, 0) is 9.59 Å². The molecule has 21 heavy (non-hydrogen) atoms. The Morgan fingerprint density at radius 3 is 2.05 bits per heavy atom. The van der Waals surface area contributed by atoms with E-state index in [1.807, 2.05) is 0 Å². The SMILES string of the molecule is CC(=O)Nc1cc(F)c(C(=O)O)cc1NC(=O)C(C)(C)C. The lowest BCUT2D eigenvalue weighted by molar-refractivity contribution is -0.123. The molecule has 1 rings (SSSR count). The number of anilines is 2. The Morgan fingerprint density at radius 2 is 1.62 bits per heavy atom. The molecule has 0 aromatic heterocycles. The number of carboxylic acids is 1. The molecule has 0 heterocycles. The van der Waals surface area contributed by atoms with Crippen molar-refractivity contribution in [1.29, 1.82) is 0 Å². The van der Waals surface area contributed by atoms with Gasteiger partial charge in [0.05, 0.1) is 16.9 Å². The molecule has 2 amide bonds. The number of hydrogen-bond acceptors (Lipinski definition) is 3. The highest BCUT2D eigenvalue weighted by Gasteiger charge is 2.24. The quantitative estimate of drug-likeness (QED) is 0.798. The Hall–Kier alpha value is -2.44. The molecule has 0 saturated carbocycles. The first-order chi connectivity index (χ1) is 9.52. The number of carboxylic acid groups (broad SMARTS) is 1. The summed E-state index contributed by atoms with van der Waals surface area (Å²) in [6.07, 6.45) is 0. The maximum absolute atomic E-state index is 13.7. The smallest absolute Gasteiger partial charge is 0.338 e. The summed E-state index contributed by atoms with van der Waals surface area (Å²) in [5.41, 5.74) is -1.29. The zero-order valence-corrected chi connectivity index (χ0v) is 12.2. The first kappa shape index (κ1) is 16.6. The van der Waals surface area contributed by atoms with Crippen molar-refractivity contribution in [1.82, 2.24) is 0 Å². The van der Waals surface area contributed by atoms with Gasteiger partial charge in [-0.1, -0.05) is 20.8 Å². The normalized spacial score (nSPS) is 10.9. The van der Waals surface area contributed by atoms with Gasteiger partial charge in [0.25, 0.3) is 0 Å². The van der Waals surface area contributed by atoms with Crippen LogP contribution in [0.15, 0.2) is 12.1 Å². The van der Waals surface area contributed by atoms with Crippen molar-refractivity contribution in [3.63, 3.8) is 0 Å². The van der Waals surface area contributed by atoms with Gasteiger partial charge in [-0.15, -0.1) is 0 Å². The molecule has 0 aliphatic heterocycles. The molecular weight excluding hydrogens is 279 g/mol. The van der Waals surface area contributed by atoms with Gasteiger partial charge < -0.3 is 15.7 Å². The predicted octanol–water partition coefficient (Wildman–Crippen LogP) is 2.47. The van der Waals surface area contributed by atoms with Crippen LogP contribution in [0.1, 0.15) is 38.1 Å². The van der Waals surface area contributed by atoms with Crippen LogP contribution in [0.25, 0.3) is 0 Å².